The second-order valence-electron chi connectivity index (χ2n) is 2.70. The zero-order valence-corrected chi connectivity index (χ0v) is 7.95. The van der Waals surface area contributed by atoms with Crippen molar-refractivity contribution in [2.45, 2.75) is 0 Å². The summed E-state index contributed by atoms with van der Waals surface area (Å²) in [6, 6.07) is 0. The summed E-state index contributed by atoms with van der Waals surface area (Å²) in [7, 11) is 0. The fourth-order valence-electron chi connectivity index (χ4n) is 0.790. The van der Waals surface area contributed by atoms with Crippen LogP contribution in [0.1, 0.15) is 0 Å². The molecule has 0 spiro atoms. The maximum absolute atomic E-state index is 8.91. The molecule has 0 fully saturated rings. The standard InChI is InChI=1S/C10H18O3/c1-3-5-12-8-10(7-11)9-13-6-4-2/h3-4,10-11H,1-2,5-9H2. The Balaban J connectivity index is 3.38. The van der Waals surface area contributed by atoms with Crippen molar-refractivity contribution in [3.05, 3.63) is 25.3 Å². The van der Waals surface area contributed by atoms with Gasteiger partial charge in [-0.2, -0.15) is 0 Å². The molecule has 1 N–H and O–H groups in total. The molecule has 76 valence electrons. The Morgan fingerprint density at radius 2 is 1.54 bits per heavy atom. The molecule has 0 unspecified atom stereocenters. The van der Waals surface area contributed by atoms with Crippen molar-refractivity contribution in [1.82, 2.24) is 0 Å². The van der Waals surface area contributed by atoms with Crippen LogP contribution in [0.3, 0.4) is 0 Å². The van der Waals surface area contributed by atoms with Crippen molar-refractivity contribution in [1.29, 1.82) is 0 Å². The quantitative estimate of drug-likeness (QED) is 0.431. The molecule has 0 aliphatic rings. The number of ether oxygens (including phenoxy) is 2. The van der Waals surface area contributed by atoms with Gasteiger partial charge >= 0.3 is 0 Å². The highest BCUT2D eigenvalue weighted by Gasteiger charge is 2.06. The van der Waals surface area contributed by atoms with Crippen LogP contribution >= 0.6 is 0 Å². The molecule has 0 atom stereocenters. The zero-order chi connectivity index (χ0) is 9.94. The Kier molecular flexibility index (Phi) is 8.98. The van der Waals surface area contributed by atoms with E-state index in [2.05, 4.69) is 13.2 Å². The maximum Gasteiger partial charge on any atom is 0.0645 e. The normalized spacial score (nSPS) is 10.3. The summed E-state index contributed by atoms with van der Waals surface area (Å²) in [6.07, 6.45) is 3.36. The first-order valence-electron chi connectivity index (χ1n) is 4.33. The molecule has 0 saturated heterocycles. The molecular formula is C10H18O3. The molecule has 0 amide bonds. The fraction of sp³-hybridized carbons (Fsp3) is 0.600. The summed E-state index contributed by atoms with van der Waals surface area (Å²) in [5.74, 6) is 0.0416. The highest BCUT2D eigenvalue weighted by molar-refractivity contribution is 4.66. The fourth-order valence-corrected chi connectivity index (χ4v) is 0.790. The van der Waals surface area contributed by atoms with Gasteiger partial charge in [-0.3, -0.25) is 0 Å². The first kappa shape index (κ1) is 12.4. The summed E-state index contributed by atoms with van der Waals surface area (Å²) >= 11 is 0. The third-order valence-corrected chi connectivity index (χ3v) is 1.44. The minimum absolute atomic E-state index is 0.0416. The van der Waals surface area contributed by atoms with Gasteiger partial charge in [0.15, 0.2) is 0 Å². The van der Waals surface area contributed by atoms with Gasteiger partial charge in [-0.25, -0.2) is 0 Å². The minimum atomic E-state index is 0.0416. The summed E-state index contributed by atoms with van der Waals surface area (Å²) in [5.41, 5.74) is 0. The highest BCUT2D eigenvalue weighted by Crippen LogP contribution is 1.97. The number of aliphatic hydroxyl groups is 1. The number of hydrogen-bond donors (Lipinski definition) is 1. The Hall–Kier alpha value is -0.640. The van der Waals surface area contributed by atoms with E-state index in [4.69, 9.17) is 14.6 Å². The molecule has 0 rings (SSSR count). The first-order valence-corrected chi connectivity index (χ1v) is 4.33. The third kappa shape index (κ3) is 7.71. The van der Waals surface area contributed by atoms with Crippen LogP contribution in [0.5, 0.6) is 0 Å². The van der Waals surface area contributed by atoms with Gasteiger partial charge < -0.3 is 14.6 Å². The maximum atomic E-state index is 8.91. The van der Waals surface area contributed by atoms with Crippen molar-refractivity contribution in [2.24, 2.45) is 5.92 Å². The van der Waals surface area contributed by atoms with Gasteiger partial charge in [-0.1, -0.05) is 12.2 Å². The molecule has 0 aliphatic heterocycles. The summed E-state index contributed by atoms with van der Waals surface area (Å²) in [4.78, 5) is 0. The monoisotopic (exact) mass is 186 g/mol. The van der Waals surface area contributed by atoms with E-state index >= 15 is 0 Å². The highest BCUT2D eigenvalue weighted by atomic mass is 16.5. The summed E-state index contributed by atoms with van der Waals surface area (Å²) < 4.78 is 10.4. The molecule has 0 aliphatic carbocycles. The van der Waals surface area contributed by atoms with Gasteiger partial charge in [-0.05, 0) is 0 Å². The van der Waals surface area contributed by atoms with Gasteiger partial charge in [0.25, 0.3) is 0 Å². The Morgan fingerprint density at radius 1 is 1.08 bits per heavy atom. The van der Waals surface area contributed by atoms with E-state index in [9.17, 15) is 0 Å². The number of aliphatic hydroxyl groups excluding tert-OH is 1. The molecular weight excluding hydrogens is 168 g/mol. The molecule has 13 heavy (non-hydrogen) atoms. The van der Waals surface area contributed by atoms with E-state index in [0.717, 1.165) is 0 Å². The predicted molar refractivity (Wildman–Crippen MR) is 52.6 cm³/mol. The summed E-state index contributed by atoms with van der Waals surface area (Å²) in [6.45, 7) is 9.15. The lowest BCUT2D eigenvalue weighted by atomic mass is 10.2. The van der Waals surface area contributed by atoms with Crippen LogP contribution in [-0.4, -0.2) is 38.1 Å². The van der Waals surface area contributed by atoms with Gasteiger partial charge in [0.2, 0.25) is 0 Å². The van der Waals surface area contributed by atoms with E-state index in [1.54, 1.807) is 12.2 Å². The zero-order valence-electron chi connectivity index (χ0n) is 7.95. The van der Waals surface area contributed by atoms with Crippen LogP contribution in [0.2, 0.25) is 0 Å². The van der Waals surface area contributed by atoms with E-state index in [-0.39, 0.29) is 12.5 Å². The van der Waals surface area contributed by atoms with E-state index in [1.165, 1.54) is 0 Å². The van der Waals surface area contributed by atoms with Crippen molar-refractivity contribution >= 4 is 0 Å². The smallest absolute Gasteiger partial charge is 0.0645 e. The predicted octanol–water partition coefficient (Wildman–Crippen LogP) is 1.00. The molecule has 0 saturated carbocycles. The van der Waals surface area contributed by atoms with Crippen molar-refractivity contribution in [3.8, 4) is 0 Å². The van der Waals surface area contributed by atoms with Gasteiger partial charge in [0, 0.05) is 5.92 Å². The Labute approximate surface area is 79.7 Å². The average Bonchev–Trinajstić information content (AvgIpc) is 2.16. The van der Waals surface area contributed by atoms with Crippen LogP contribution < -0.4 is 0 Å². The van der Waals surface area contributed by atoms with E-state index < -0.39 is 0 Å². The van der Waals surface area contributed by atoms with E-state index in [0.29, 0.717) is 26.4 Å². The van der Waals surface area contributed by atoms with Gasteiger partial charge in [0.1, 0.15) is 0 Å². The molecule has 3 nitrogen and oxygen atoms in total. The molecule has 0 bridgehead atoms. The van der Waals surface area contributed by atoms with Crippen LogP contribution in [-0.2, 0) is 9.47 Å². The van der Waals surface area contributed by atoms with Crippen LogP contribution in [0.4, 0.5) is 0 Å². The lowest BCUT2D eigenvalue weighted by Crippen LogP contribution is -2.20. The Bertz CT molecular complexity index is 120. The van der Waals surface area contributed by atoms with Crippen LogP contribution in [0, 0.1) is 5.92 Å². The molecule has 0 radical (unpaired) electrons. The van der Waals surface area contributed by atoms with Crippen molar-refractivity contribution < 1.29 is 14.6 Å². The number of rotatable bonds is 9. The lowest BCUT2D eigenvalue weighted by Gasteiger charge is -2.13. The third-order valence-electron chi connectivity index (χ3n) is 1.44. The molecule has 3 heteroatoms. The molecule has 0 aromatic heterocycles. The SMILES string of the molecule is C=CCOCC(CO)COCC=C. The second kappa shape index (κ2) is 9.45. The first-order chi connectivity index (χ1) is 6.35. The van der Waals surface area contributed by atoms with Crippen molar-refractivity contribution in [2.75, 3.05) is 33.0 Å². The minimum Gasteiger partial charge on any atom is -0.396 e. The number of hydrogen-bond acceptors (Lipinski definition) is 3. The average molecular weight is 186 g/mol. The van der Waals surface area contributed by atoms with Crippen molar-refractivity contribution in [3.63, 3.8) is 0 Å². The summed E-state index contributed by atoms with van der Waals surface area (Å²) in [5, 5.41) is 8.91. The topological polar surface area (TPSA) is 38.7 Å². The van der Waals surface area contributed by atoms with Gasteiger partial charge in [-0.15, -0.1) is 13.2 Å². The Morgan fingerprint density at radius 3 is 1.85 bits per heavy atom. The molecule has 0 aromatic rings. The van der Waals surface area contributed by atoms with Crippen LogP contribution in [0.15, 0.2) is 25.3 Å². The van der Waals surface area contributed by atoms with Crippen LogP contribution in [0.25, 0.3) is 0 Å². The second-order valence-corrected chi connectivity index (χ2v) is 2.70. The largest absolute Gasteiger partial charge is 0.396 e. The van der Waals surface area contributed by atoms with Gasteiger partial charge in [0.05, 0.1) is 33.0 Å². The van der Waals surface area contributed by atoms with E-state index in [1.807, 2.05) is 0 Å². The molecule has 0 heterocycles. The molecule has 0 aromatic carbocycles. The lowest BCUT2D eigenvalue weighted by molar-refractivity contribution is 0.0316.